The van der Waals surface area contributed by atoms with Crippen LogP contribution in [0.2, 0.25) is 0 Å². The topological polar surface area (TPSA) is 98.7 Å². The van der Waals surface area contributed by atoms with Crippen molar-refractivity contribution >= 4 is 17.7 Å². The third kappa shape index (κ3) is 4.40. The number of likely N-dealkylation sites (N-methyl/N-ethyl adjacent to an activating group) is 1. The highest BCUT2D eigenvalue weighted by Crippen LogP contribution is 2.24. The zero-order valence-electron chi connectivity index (χ0n) is 15.7. The van der Waals surface area contributed by atoms with E-state index in [-0.39, 0.29) is 11.8 Å². The fourth-order valence-corrected chi connectivity index (χ4v) is 2.87. The standard InChI is InChI=1S/C19H27N3O4/c1-11(2)16(23)18(25)20-12(3)17(24)21-15-14-8-6-5-7-13(14)9-10-22(4)19(15)26/h5-8,11-12,15-16,23H,9-10H2,1-4H3,(H,20,25)(H,21,24)/t12?,15?,16-/m0/s1. The van der Waals surface area contributed by atoms with Crippen molar-refractivity contribution < 1.29 is 19.5 Å². The molecule has 26 heavy (non-hydrogen) atoms. The number of amides is 3. The summed E-state index contributed by atoms with van der Waals surface area (Å²) in [4.78, 5) is 38.7. The van der Waals surface area contributed by atoms with Crippen LogP contribution in [0.3, 0.4) is 0 Å². The van der Waals surface area contributed by atoms with Crippen LogP contribution < -0.4 is 10.6 Å². The van der Waals surface area contributed by atoms with Crippen LogP contribution in [-0.2, 0) is 20.8 Å². The average molecular weight is 361 g/mol. The lowest BCUT2D eigenvalue weighted by Gasteiger charge is -2.24. The molecule has 1 aliphatic rings. The molecule has 0 saturated heterocycles. The maximum absolute atomic E-state index is 12.7. The van der Waals surface area contributed by atoms with Crippen molar-refractivity contribution in [1.29, 1.82) is 0 Å². The molecular formula is C19H27N3O4. The zero-order valence-corrected chi connectivity index (χ0v) is 15.7. The molecule has 2 rings (SSSR count). The minimum Gasteiger partial charge on any atom is -0.383 e. The second-order valence-corrected chi connectivity index (χ2v) is 7.07. The third-order valence-electron chi connectivity index (χ3n) is 4.64. The Morgan fingerprint density at radius 1 is 1.19 bits per heavy atom. The van der Waals surface area contributed by atoms with Crippen LogP contribution in [0.25, 0.3) is 0 Å². The lowest BCUT2D eigenvalue weighted by molar-refractivity contribution is -0.137. The number of hydrogen-bond acceptors (Lipinski definition) is 4. The van der Waals surface area contributed by atoms with Gasteiger partial charge in [0.25, 0.3) is 0 Å². The number of fused-ring (bicyclic) bond motifs is 1. The molecule has 2 unspecified atom stereocenters. The van der Waals surface area contributed by atoms with Gasteiger partial charge in [-0.05, 0) is 30.4 Å². The van der Waals surface area contributed by atoms with Crippen LogP contribution >= 0.6 is 0 Å². The maximum Gasteiger partial charge on any atom is 0.249 e. The zero-order chi connectivity index (χ0) is 19.4. The molecule has 0 saturated carbocycles. The van der Waals surface area contributed by atoms with E-state index in [2.05, 4.69) is 10.6 Å². The summed E-state index contributed by atoms with van der Waals surface area (Å²) in [6.07, 6.45) is -0.464. The fourth-order valence-electron chi connectivity index (χ4n) is 2.87. The third-order valence-corrected chi connectivity index (χ3v) is 4.64. The van der Waals surface area contributed by atoms with E-state index in [1.54, 1.807) is 25.8 Å². The Morgan fingerprint density at radius 3 is 2.50 bits per heavy atom. The van der Waals surface area contributed by atoms with Crippen LogP contribution in [0.15, 0.2) is 24.3 Å². The lowest BCUT2D eigenvalue weighted by atomic mass is 9.99. The second-order valence-electron chi connectivity index (χ2n) is 7.07. The first kappa shape index (κ1) is 19.9. The summed E-state index contributed by atoms with van der Waals surface area (Å²) in [5, 5.41) is 15.0. The van der Waals surface area contributed by atoms with Crippen molar-refractivity contribution in [3.8, 4) is 0 Å². The molecule has 7 heteroatoms. The normalized spacial score (nSPS) is 19.4. The van der Waals surface area contributed by atoms with E-state index < -0.39 is 30.0 Å². The van der Waals surface area contributed by atoms with Crippen molar-refractivity contribution in [3.63, 3.8) is 0 Å². The Kier molecular flexibility index (Phi) is 6.37. The minimum absolute atomic E-state index is 0.191. The molecule has 142 valence electrons. The molecule has 1 heterocycles. The lowest BCUT2D eigenvalue weighted by Crippen LogP contribution is -2.51. The van der Waals surface area contributed by atoms with Crippen LogP contribution in [0, 0.1) is 5.92 Å². The van der Waals surface area contributed by atoms with Crippen molar-refractivity contribution in [1.82, 2.24) is 15.5 Å². The van der Waals surface area contributed by atoms with E-state index in [1.165, 1.54) is 6.92 Å². The minimum atomic E-state index is -1.18. The number of benzene rings is 1. The number of rotatable bonds is 5. The number of carbonyl (C=O) groups is 3. The van der Waals surface area contributed by atoms with Gasteiger partial charge >= 0.3 is 0 Å². The summed E-state index contributed by atoms with van der Waals surface area (Å²) >= 11 is 0. The molecule has 0 aliphatic carbocycles. The first-order valence-electron chi connectivity index (χ1n) is 8.84. The van der Waals surface area contributed by atoms with Gasteiger partial charge in [0.1, 0.15) is 18.2 Å². The summed E-state index contributed by atoms with van der Waals surface area (Å²) in [6.45, 7) is 5.53. The smallest absolute Gasteiger partial charge is 0.249 e. The highest BCUT2D eigenvalue weighted by molar-refractivity contribution is 5.93. The van der Waals surface area contributed by atoms with E-state index in [1.807, 2.05) is 24.3 Å². The molecule has 3 atom stereocenters. The van der Waals surface area contributed by atoms with Gasteiger partial charge in [-0.2, -0.15) is 0 Å². The summed E-state index contributed by atoms with van der Waals surface area (Å²) in [7, 11) is 1.71. The predicted molar refractivity (Wildman–Crippen MR) is 97.1 cm³/mol. The Balaban J connectivity index is 2.13. The van der Waals surface area contributed by atoms with Gasteiger partial charge in [-0.15, -0.1) is 0 Å². The SMILES string of the molecule is CC(NC(=O)[C@@H](O)C(C)C)C(=O)NC1C(=O)N(C)CCc2ccccc21. The predicted octanol–water partition coefficient (Wildman–Crippen LogP) is 0.380. The van der Waals surface area contributed by atoms with Gasteiger partial charge in [0, 0.05) is 13.6 Å². The number of hydrogen-bond donors (Lipinski definition) is 3. The van der Waals surface area contributed by atoms with E-state index in [0.717, 1.165) is 17.5 Å². The van der Waals surface area contributed by atoms with Crippen LogP contribution in [-0.4, -0.2) is 53.5 Å². The van der Waals surface area contributed by atoms with Crippen LogP contribution in [0.1, 0.15) is 37.9 Å². The molecule has 3 amide bonds. The average Bonchev–Trinajstić information content (AvgIpc) is 2.73. The molecule has 1 aliphatic heterocycles. The van der Waals surface area contributed by atoms with Crippen molar-refractivity contribution in [3.05, 3.63) is 35.4 Å². The van der Waals surface area contributed by atoms with Crippen molar-refractivity contribution in [2.24, 2.45) is 5.92 Å². The number of carbonyl (C=O) groups excluding carboxylic acids is 3. The second kappa shape index (κ2) is 8.31. The van der Waals surface area contributed by atoms with E-state index >= 15 is 0 Å². The van der Waals surface area contributed by atoms with Gasteiger partial charge < -0.3 is 20.6 Å². The van der Waals surface area contributed by atoms with Gasteiger partial charge in [0.2, 0.25) is 17.7 Å². The molecule has 0 spiro atoms. The van der Waals surface area contributed by atoms with Crippen LogP contribution in [0.5, 0.6) is 0 Å². The quantitative estimate of drug-likeness (QED) is 0.706. The largest absolute Gasteiger partial charge is 0.383 e. The molecule has 1 aromatic carbocycles. The van der Waals surface area contributed by atoms with E-state index in [4.69, 9.17) is 0 Å². The monoisotopic (exact) mass is 361 g/mol. The van der Waals surface area contributed by atoms with Gasteiger partial charge in [-0.3, -0.25) is 14.4 Å². The van der Waals surface area contributed by atoms with E-state index in [9.17, 15) is 19.5 Å². The Labute approximate surface area is 153 Å². The molecule has 0 aromatic heterocycles. The molecular weight excluding hydrogens is 334 g/mol. The summed E-state index contributed by atoms with van der Waals surface area (Å²) in [6, 6.07) is 5.86. The summed E-state index contributed by atoms with van der Waals surface area (Å²) in [5.74, 6) is -1.52. The molecule has 0 bridgehead atoms. The van der Waals surface area contributed by atoms with Gasteiger partial charge in [0.15, 0.2) is 0 Å². The number of aliphatic hydroxyl groups is 1. The van der Waals surface area contributed by atoms with Gasteiger partial charge in [-0.1, -0.05) is 38.1 Å². The van der Waals surface area contributed by atoms with Crippen LogP contribution in [0.4, 0.5) is 0 Å². The number of nitrogens with zero attached hydrogens (tertiary/aromatic N) is 1. The summed E-state index contributed by atoms with van der Waals surface area (Å²) < 4.78 is 0. The molecule has 3 N–H and O–H groups in total. The Bertz CT molecular complexity index is 689. The summed E-state index contributed by atoms with van der Waals surface area (Å²) in [5.41, 5.74) is 1.79. The maximum atomic E-state index is 12.7. The Morgan fingerprint density at radius 2 is 1.85 bits per heavy atom. The first-order valence-corrected chi connectivity index (χ1v) is 8.84. The number of aliphatic hydroxyl groups excluding tert-OH is 1. The fraction of sp³-hybridized carbons (Fsp3) is 0.526. The molecule has 0 fully saturated rings. The molecule has 1 aromatic rings. The molecule has 0 radical (unpaired) electrons. The van der Waals surface area contributed by atoms with Gasteiger partial charge in [0.05, 0.1) is 0 Å². The molecule has 7 nitrogen and oxygen atoms in total. The Hall–Kier alpha value is -2.41. The highest BCUT2D eigenvalue weighted by atomic mass is 16.3. The van der Waals surface area contributed by atoms with Gasteiger partial charge in [-0.25, -0.2) is 0 Å². The first-order chi connectivity index (χ1) is 12.2. The van der Waals surface area contributed by atoms with Crippen molar-refractivity contribution in [2.75, 3.05) is 13.6 Å². The number of nitrogens with one attached hydrogen (secondary N) is 2. The van der Waals surface area contributed by atoms with E-state index in [0.29, 0.717) is 6.54 Å². The van der Waals surface area contributed by atoms with Crippen molar-refractivity contribution in [2.45, 2.75) is 45.4 Å². The highest BCUT2D eigenvalue weighted by Gasteiger charge is 2.32.